The van der Waals surface area contributed by atoms with Gasteiger partial charge in [0.05, 0.1) is 83.9 Å². The second-order valence-electron chi connectivity index (χ2n) is 26.3. The molecule has 2 aliphatic carbocycles. The van der Waals surface area contributed by atoms with Crippen molar-refractivity contribution in [3.05, 3.63) is 108 Å². The van der Waals surface area contributed by atoms with Crippen LogP contribution in [0.3, 0.4) is 0 Å². The van der Waals surface area contributed by atoms with E-state index in [4.69, 9.17) is 71.1 Å². The van der Waals surface area contributed by atoms with Crippen LogP contribution < -0.4 is 21.3 Å². The first kappa shape index (κ1) is 79.7. The molecule has 2 saturated carbocycles. The third-order valence-corrected chi connectivity index (χ3v) is 18.4. The van der Waals surface area contributed by atoms with E-state index in [-0.39, 0.29) is 122 Å². The quantitative estimate of drug-likeness (QED) is 0.0299. The summed E-state index contributed by atoms with van der Waals surface area (Å²) in [6, 6.07) is 27.9. The molecule has 0 radical (unpaired) electrons. The minimum atomic E-state index is -1.47. The molecule has 3 aromatic rings. The van der Waals surface area contributed by atoms with Crippen LogP contribution in [-0.2, 0) is 129 Å². The second kappa shape index (κ2) is 41.9. The second-order valence-corrected chi connectivity index (χ2v) is 26.3. The summed E-state index contributed by atoms with van der Waals surface area (Å²) >= 11 is 0. The van der Waals surface area contributed by atoms with Gasteiger partial charge in [0, 0.05) is 66.6 Å². The minimum absolute atomic E-state index is 0.00217. The molecular formula is C74H104N4O23. The first-order valence-electron chi connectivity index (χ1n) is 35.5. The smallest absolute Gasteiger partial charge is 0.303 e. The third-order valence-electron chi connectivity index (χ3n) is 18.4. The molecule has 4 amide bonds. The van der Waals surface area contributed by atoms with E-state index in [9.17, 15) is 38.4 Å². The Kier molecular flexibility index (Phi) is 33.1. The number of fused-ring (bicyclic) bond motifs is 1. The molecule has 5 aliphatic rings. The van der Waals surface area contributed by atoms with Gasteiger partial charge in [0.1, 0.15) is 37.1 Å². The average molecular weight is 1420 g/mol. The molecule has 558 valence electrons. The van der Waals surface area contributed by atoms with Crippen molar-refractivity contribution in [3.63, 3.8) is 0 Å². The summed E-state index contributed by atoms with van der Waals surface area (Å²) in [5, 5.41) is 11.7. The zero-order valence-electron chi connectivity index (χ0n) is 59.2. The van der Waals surface area contributed by atoms with Crippen LogP contribution in [-0.4, -0.2) is 205 Å². The number of nitrogens with one attached hydrogen (secondary N) is 4. The molecule has 3 heterocycles. The largest absolute Gasteiger partial charge is 0.463 e. The van der Waals surface area contributed by atoms with Crippen molar-refractivity contribution in [2.45, 2.75) is 224 Å². The van der Waals surface area contributed by atoms with Gasteiger partial charge < -0.3 is 92.3 Å². The summed E-state index contributed by atoms with van der Waals surface area (Å²) in [5.74, 6) is -5.09. The molecule has 0 aromatic heterocycles. The first-order valence-corrected chi connectivity index (χ1v) is 35.5. The Balaban J connectivity index is 0.859. The van der Waals surface area contributed by atoms with Gasteiger partial charge in [-0.2, -0.15) is 0 Å². The summed E-state index contributed by atoms with van der Waals surface area (Å²) in [6.07, 6.45) is -7.65. The Morgan fingerprint density at radius 3 is 1.82 bits per heavy atom. The zero-order chi connectivity index (χ0) is 72.0. The predicted molar refractivity (Wildman–Crippen MR) is 361 cm³/mol. The average Bonchev–Trinajstić information content (AvgIpc) is 0.768. The summed E-state index contributed by atoms with van der Waals surface area (Å²) in [7, 11) is 0. The van der Waals surface area contributed by atoms with Crippen molar-refractivity contribution in [1.82, 2.24) is 21.3 Å². The Morgan fingerprint density at radius 2 is 1.19 bits per heavy atom. The van der Waals surface area contributed by atoms with Crippen LogP contribution in [0.25, 0.3) is 0 Å². The van der Waals surface area contributed by atoms with Gasteiger partial charge >= 0.3 is 23.9 Å². The fraction of sp³-hybridized carbons (Fsp3) is 0.649. The van der Waals surface area contributed by atoms with E-state index in [1.54, 1.807) is 6.92 Å². The highest BCUT2D eigenvalue weighted by Gasteiger charge is 2.56. The fourth-order valence-electron chi connectivity index (χ4n) is 13.6. The van der Waals surface area contributed by atoms with Crippen molar-refractivity contribution in [1.29, 1.82) is 0 Å². The topological polar surface area (TPSA) is 323 Å². The van der Waals surface area contributed by atoms with Gasteiger partial charge in [0.25, 0.3) is 5.91 Å². The van der Waals surface area contributed by atoms with Gasteiger partial charge in [-0.3, -0.25) is 38.4 Å². The normalized spacial score (nSPS) is 27.3. The van der Waals surface area contributed by atoms with Crippen molar-refractivity contribution < 1.29 is 109 Å². The zero-order valence-corrected chi connectivity index (χ0v) is 59.2. The maximum Gasteiger partial charge on any atom is 0.303 e. The van der Waals surface area contributed by atoms with E-state index in [2.05, 4.69) is 21.3 Å². The molecule has 8 rings (SSSR count). The van der Waals surface area contributed by atoms with E-state index in [0.717, 1.165) is 62.6 Å². The molecule has 3 aliphatic heterocycles. The lowest BCUT2D eigenvalue weighted by Crippen LogP contribution is -2.69. The number of hydrogen-bond acceptors (Lipinski definition) is 23. The molecule has 3 saturated heterocycles. The van der Waals surface area contributed by atoms with E-state index in [1.165, 1.54) is 27.2 Å². The number of carbonyl (C=O) groups is 8. The lowest BCUT2D eigenvalue weighted by Gasteiger charge is -2.52. The van der Waals surface area contributed by atoms with E-state index in [0.29, 0.717) is 18.9 Å². The number of ether oxygens (including phenoxy) is 15. The number of benzene rings is 3. The van der Waals surface area contributed by atoms with Crippen molar-refractivity contribution in [2.24, 2.45) is 17.8 Å². The van der Waals surface area contributed by atoms with Crippen LogP contribution in [0.15, 0.2) is 91.0 Å². The Morgan fingerprint density at radius 1 is 0.574 bits per heavy atom. The molecule has 27 nitrogen and oxygen atoms in total. The molecule has 5 fully saturated rings. The van der Waals surface area contributed by atoms with Crippen LogP contribution in [0.1, 0.15) is 129 Å². The summed E-state index contributed by atoms with van der Waals surface area (Å²) < 4.78 is 93.3. The molecule has 27 heteroatoms. The van der Waals surface area contributed by atoms with Crippen LogP contribution in [0, 0.1) is 17.8 Å². The number of hydrogen-bond donors (Lipinski definition) is 4. The lowest BCUT2D eigenvalue weighted by molar-refractivity contribution is -0.349. The molecule has 9 unspecified atom stereocenters. The van der Waals surface area contributed by atoms with E-state index >= 15 is 0 Å². The van der Waals surface area contributed by atoms with Crippen LogP contribution in [0.5, 0.6) is 0 Å². The van der Waals surface area contributed by atoms with E-state index < -0.39 is 127 Å². The molecule has 101 heavy (non-hydrogen) atoms. The molecule has 0 bridgehead atoms. The maximum absolute atomic E-state index is 14.4. The molecular weight excluding hydrogens is 1310 g/mol. The minimum Gasteiger partial charge on any atom is -0.463 e. The number of esters is 4. The number of amides is 4. The van der Waals surface area contributed by atoms with Gasteiger partial charge in [-0.25, -0.2) is 0 Å². The van der Waals surface area contributed by atoms with Gasteiger partial charge in [-0.1, -0.05) is 136 Å². The third kappa shape index (κ3) is 26.0. The van der Waals surface area contributed by atoms with Gasteiger partial charge in [-0.05, 0) is 54.7 Å². The Hall–Kier alpha value is -7.02. The molecule has 0 spiro atoms. The van der Waals surface area contributed by atoms with Crippen LogP contribution in [0.4, 0.5) is 0 Å². The van der Waals surface area contributed by atoms with Crippen molar-refractivity contribution in [2.75, 3.05) is 65.9 Å². The Bertz CT molecular complexity index is 3040. The SMILES string of the molecule is CCC1CC(C(=O)NCCNC(=O)CCOCCOCCNC(=O)[C@@H](OCc2ccccc2)[C@@H](COCc2ccccc2)OCc2ccccc2)C[C@@H](O[C@@H]2OC(COC(C)=O)[C@@H]3OC[C@@H](CC4CCCCC4)OC3C2NC(C)=O)C1O[C@@H]1OC(C)[C@@H](OC(C)=O)C(OC(C)=O)C1OC(C)=O. The summed E-state index contributed by atoms with van der Waals surface area (Å²) in [6.45, 7) is 11.4. The Labute approximate surface area is 591 Å². The van der Waals surface area contributed by atoms with Crippen molar-refractivity contribution >= 4 is 47.5 Å². The maximum atomic E-state index is 14.4. The van der Waals surface area contributed by atoms with Crippen molar-refractivity contribution in [3.8, 4) is 0 Å². The highest BCUT2D eigenvalue weighted by molar-refractivity contribution is 5.81. The van der Waals surface area contributed by atoms with Crippen LogP contribution in [0.2, 0.25) is 0 Å². The van der Waals surface area contributed by atoms with Gasteiger partial charge in [0.15, 0.2) is 37.0 Å². The van der Waals surface area contributed by atoms with E-state index in [1.807, 2.05) is 97.9 Å². The molecule has 17 atom stereocenters. The highest BCUT2D eigenvalue weighted by atomic mass is 16.8. The van der Waals surface area contributed by atoms with Crippen LogP contribution >= 0.6 is 0 Å². The summed E-state index contributed by atoms with van der Waals surface area (Å²) in [5.41, 5.74) is 2.79. The lowest BCUT2D eigenvalue weighted by atomic mass is 9.75. The monoisotopic (exact) mass is 1420 g/mol. The highest BCUT2D eigenvalue weighted by Crippen LogP contribution is 2.42. The summed E-state index contributed by atoms with van der Waals surface area (Å²) in [4.78, 5) is 105. The predicted octanol–water partition coefficient (Wildman–Crippen LogP) is 5.81. The van der Waals surface area contributed by atoms with Gasteiger partial charge in [0.2, 0.25) is 17.7 Å². The molecule has 3 aromatic carbocycles. The number of carbonyl (C=O) groups excluding carboxylic acids is 8. The molecule has 4 N–H and O–H groups in total. The first-order chi connectivity index (χ1) is 48.8. The fourth-order valence-corrected chi connectivity index (χ4v) is 13.6. The number of rotatable bonds is 38. The van der Waals surface area contributed by atoms with Gasteiger partial charge in [-0.15, -0.1) is 0 Å². The standard InChI is InChI=1S/C74H104N4O23/c1-8-56-38-57(71(85)76-31-30-75-62(84)29-33-87-35-36-88-34-32-77-72(86)67(92-42-55-27-19-12-20-28-55)60(91-41-54-25-17-11-18-26-54)44-89-40-53-23-15-10-16-24-53)39-59(65(56)101-74-70(97-51(7)83)69(96-50(6)82)64(46(2)94-74)95-49(5)81)99-73-63(78-47(3)79)68-66(61(100-73)45-90-48(4)80)93-43-58(98-68)37-52-21-13-9-14-22-52/h10-12,15-20,23-28,46,52,56-61,63-70,73-74H,8-9,13-14,21-22,29-45H2,1-7H3,(H,75,84)(H,76,85)(H,77,86)(H,78,79)/t46?,56?,57?,58-,59-,60-,61?,63?,64-,65?,66+,67+,68?,69?,70?,73-,74+/m1/s1.